The molecule has 1 aromatic carbocycles. The first-order valence-corrected chi connectivity index (χ1v) is 8.71. The second-order valence-electron chi connectivity index (χ2n) is 7.63. The van der Waals surface area contributed by atoms with Crippen molar-refractivity contribution < 1.29 is 4.74 Å². The van der Waals surface area contributed by atoms with Crippen LogP contribution >= 0.6 is 0 Å². The van der Waals surface area contributed by atoms with Gasteiger partial charge in [-0.1, -0.05) is 12.1 Å². The van der Waals surface area contributed by atoms with Crippen molar-refractivity contribution in [1.82, 2.24) is 5.32 Å². The maximum Gasteiger partial charge on any atom is 0.119 e. The highest BCUT2D eigenvalue weighted by Gasteiger charge is 2.50. The summed E-state index contributed by atoms with van der Waals surface area (Å²) in [5, 5.41) is 3.96. The highest BCUT2D eigenvalue weighted by atomic mass is 16.5. The molecule has 5 rings (SSSR count). The van der Waals surface area contributed by atoms with Gasteiger partial charge in [0.2, 0.25) is 0 Å². The fraction of sp³-hybridized carbons (Fsp3) is 0.684. The first-order chi connectivity index (χ1) is 10.2. The summed E-state index contributed by atoms with van der Waals surface area (Å²) in [6, 6.07) is 8.58. The van der Waals surface area contributed by atoms with Crippen LogP contribution in [-0.2, 0) is 6.54 Å². The summed E-state index contributed by atoms with van der Waals surface area (Å²) in [5.74, 6) is 4.04. The lowest BCUT2D eigenvalue weighted by Crippen LogP contribution is -2.58. The van der Waals surface area contributed by atoms with E-state index in [-0.39, 0.29) is 0 Å². The third-order valence-corrected chi connectivity index (χ3v) is 5.92. The summed E-state index contributed by atoms with van der Waals surface area (Å²) in [7, 11) is 0. The van der Waals surface area contributed by atoms with Crippen LogP contribution in [0.4, 0.5) is 0 Å². The van der Waals surface area contributed by atoms with Gasteiger partial charge in [-0.3, -0.25) is 0 Å². The molecule has 0 heterocycles. The molecule has 4 aliphatic carbocycles. The van der Waals surface area contributed by atoms with E-state index in [1.54, 1.807) is 0 Å². The molecule has 0 unspecified atom stereocenters. The molecule has 0 atom stereocenters. The molecule has 2 heteroatoms. The molecule has 4 saturated carbocycles. The van der Waals surface area contributed by atoms with E-state index >= 15 is 0 Å². The van der Waals surface area contributed by atoms with E-state index < -0.39 is 0 Å². The van der Waals surface area contributed by atoms with Crippen molar-refractivity contribution in [2.75, 3.05) is 6.61 Å². The van der Waals surface area contributed by atoms with Gasteiger partial charge in [0.1, 0.15) is 5.75 Å². The molecule has 0 amide bonds. The predicted molar refractivity (Wildman–Crippen MR) is 85.4 cm³/mol. The van der Waals surface area contributed by atoms with Crippen LogP contribution < -0.4 is 10.1 Å². The Balaban J connectivity index is 1.43. The van der Waals surface area contributed by atoms with E-state index in [1.807, 2.05) is 6.92 Å². The van der Waals surface area contributed by atoms with Crippen molar-refractivity contribution in [3.63, 3.8) is 0 Å². The molecular weight excluding hydrogens is 258 g/mol. The molecule has 4 fully saturated rings. The lowest BCUT2D eigenvalue weighted by molar-refractivity contribution is -0.0206. The Morgan fingerprint density at radius 1 is 1.10 bits per heavy atom. The van der Waals surface area contributed by atoms with Crippen LogP contribution in [0.2, 0.25) is 0 Å². The predicted octanol–water partition coefficient (Wildman–Crippen LogP) is 4.14. The molecule has 0 aromatic heterocycles. The monoisotopic (exact) mass is 285 g/mol. The summed E-state index contributed by atoms with van der Waals surface area (Å²) in [5.41, 5.74) is 1.81. The minimum atomic E-state index is 0.455. The van der Waals surface area contributed by atoms with Crippen LogP contribution in [0, 0.1) is 17.8 Å². The van der Waals surface area contributed by atoms with E-state index in [1.165, 1.54) is 44.1 Å². The van der Waals surface area contributed by atoms with Crippen molar-refractivity contribution in [3.8, 4) is 5.75 Å². The Labute approximate surface area is 128 Å². The lowest BCUT2D eigenvalue weighted by Gasteiger charge is -2.57. The average molecular weight is 285 g/mol. The largest absolute Gasteiger partial charge is 0.494 e. The number of ether oxygens (including phenoxy) is 1. The fourth-order valence-electron chi connectivity index (χ4n) is 5.53. The maximum atomic E-state index is 5.61. The zero-order chi connectivity index (χ0) is 14.3. The minimum Gasteiger partial charge on any atom is -0.494 e. The molecule has 0 radical (unpaired) electrons. The van der Waals surface area contributed by atoms with E-state index in [9.17, 15) is 0 Å². The van der Waals surface area contributed by atoms with Crippen LogP contribution in [0.5, 0.6) is 5.75 Å². The number of hydrogen-bond donors (Lipinski definition) is 1. The van der Waals surface area contributed by atoms with E-state index in [0.717, 1.165) is 36.7 Å². The molecule has 0 aliphatic heterocycles. The van der Waals surface area contributed by atoms with Crippen LogP contribution in [0.3, 0.4) is 0 Å². The SMILES string of the molecule is CCOc1cccc(CNC23CC4CC(CC(C4)C2)C3)c1. The van der Waals surface area contributed by atoms with Gasteiger partial charge in [-0.15, -0.1) is 0 Å². The van der Waals surface area contributed by atoms with Gasteiger partial charge in [0, 0.05) is 12.1 Å². The Kier molecular flexibility index (Phi) is 3.45. The zero-order valence-electron chi connectivity index (χ0n) is 13.1. The van der Waals surface area contributed by atoms with Gasteiger partial charge >= 0.3 is 0 Å². The van der Waals surface area contributed by atoms with Crippen molar-refractivity contribution >= 4 is 0 Å². The second-order valence-corrected chi connectivity index (χ2v) is 7.63. The fourth-order valence-corrected chi connectivity index (χ4v) is 5.53. The van der Waals surface area contributed by atoms with Crippen molar-refractivity contribution in [3.05, 3.63) is 29.8 Å². The van der Waals surface area contributed by atoms with Crippen molar-refractivity contribution in [2.45, 2.75) is 57.5 Å². The first-order valence-electron chi connectivity index (χ1n) is 8.71. The van der Waals surface area contributed by atoms with E-state index in [2.05, 4.69) is 29.6 Å². The first kappa shape index (κ1) is 13.6. The smallest absolute Gasteiger partial charge is 0.119 e. The summed E-state index contributed by atoms with van der Waals surface area (Å²) in [6.45, 7) is 3.78. The van der Waals surface area contributed by atoms with E-state index in [0.29, 0.717) is 5.54 Å². The van der Waals surface area contributed by atoms with Crippen molar-refractivity contribution in [2.24, 2.45) is 17.8 Å². The number of benzene rings is 1. The summed E-state index contributed by atoms with van der Waals surface area (Å²) in [4.78, 5) is 0. The number of hydrogen-bond acceptors (Lipinski definition) is 2. The summed E-state index contributed by atoms with van der Waals surface area (Å²) in [6.07, 6.45) is 8.81. The average Bonchev–Trinajstić information content (AvgIpc) is 2.45. The standard InChI is InChI=1S/C19H27NO/c1-2-21-18-5-3-4-14(9-18)13-20-19-10-15-6-16(11-19)8-17(7-15)12-19/h3-5,9,15-17,20H,2,6-8,10-13H2,1H3. The Morgan fingerprint density at radius 3 is 2.38 bits per heavy atom. The lowest BCUT2D eigenvalue weighted by atomic mass is 9.53. The normalized spacial score (nSPS) is 36.9. The molecule has 0 spiro atoms. The highest BCUT2D eigenvalue weighted by molar-refractivity contribution is 5.28. The molecule has 2 nitrogen and oxygen atoms in total. The number of nitrogens with one attached hydrogen (secondary N) is 1. The Bertz CT molecular complexity index is 475. The zero-order valence-corrected chi connectivity index (χ0v) is 13.1. The topological polar surface area (TPSA) is 21.3 Å². The van der Waals surface area contributed by atoms with Gasteiger partial charge < -0.3 is 10.1 Å². The quantitative estimate of drug-likeness (QED) is 0.877. The van der Waals surface area contributed by atoms with Crippen LogP contribution in [0.15, 0.2) is 24.3 Å². The van der Waals surface area contributed by atoms with Gasteiger partial charge in [0.05, 0.1) is 6.61 Å². The molecule has 114 valence electrons. The summed E-state index contributed by atoms with van der Waals surface area (Å²) >= 11 is 0. The maximum absolute atomic E-state index is 5.61. The summed E-state index contributed by atoms with van der Waals surface area (Å²) < 4.78 is 5.61. The van der Waals surface area contributed by atoms with Gasteiger partial charge in [-0.25, -0.2) is 0 Å². The van der Waals surface area contributed by atoms with Crippen molar-refractivity contribution in [1.29, 1.82) is 0 Å². The van der Waals surface area contributed by atoms with Gasteiger partial charge in [0.25, 0.3) is 0 Å². The molecule has 4 aliphatic rings. The van der Waals surface area contributed by atoms with Gasteiger partial charge in [-0.05, 0) is 80.9 Å². The molecule has 1 N–H and O–H groups in total. The van der Waals surface area contributed by atoms with E-state index in [4.69, 9.17) is 4.74 Å². The minimum absolute atomic E-state index is 0.455. The van der Waals surface area contributed by atoms with Gasteiger partial charge in [-0.2, -0.15) is 0 Å². The second kappa shape index (κ2) is 5.31. The highest BCUT2D eigenvalue weighted by Crippen LogP contribution is 2.55. The Morgan fingerprint density at radius 2 is 1.76 bits per heavy atom. The molecule has 4 bridgehead atoms. The molecule has 0 saturated heterocycles. The number of rotatable bonds is 5. The van der Waals surface area contributed by atoms with Gasteiger partial charge in [0.15, 0.2) is 0 Å². The molecule has 21 heavy (non-hydrogen) atoms. The molecule has 1 aromatic rings. The Hall–Kier alpha value is -1.02. The van der Waals surface area contributed by atoms with Crippen LogP contribution in [0.25, 0.3) is 0 Å². The molecular formula is C19H27NO. The third-order valence-electron chi connectivity index (χ3n) is 5.92. The third kappa shape index (κ3) is 2.70. The van der Waals surface area contributed by atoms with Crippen LogP contribution in [0.1, 0.15) is 51.0 Å². The van der Waals surface area contributed by atoms with Crippen LogP contribution in [-0.4, -0.2) is 12.1 Å².